The lowest BCUT2D eigenvalue weighted by Crippen LogP contribution is -1.95. The number of benzene rings is 2. The van der Waals surface area contributed by atoms with Gasteiger partial charge in [0.25, 0.3) is 0 Å². The molecule has 0 radical (unpaired) electrons. The van der Waals surface area contributed by atoms with Crippen molar-refractivity contribution in [2.24, 2.45) is 0 Å². The third-order valence-electron chi connectivity index (χ3n) is 3.16. The van der Waals surface area contributed by atoms with E-state index in [0.29, 0.717) is 11.3 Å². The van der Waals surface area contributed by atoms with Gasteiger partial charge in [0.1, 0.15) is 5.75 Å². The number of ketones is 1. The second-order valence-electron chi connectivity index (χ2n) is 4.61. The van der Waals surface area contributed by atoms with Crippen molar-refractivity contribution in [3.05, 3.63) is 52.6 Å². The molecule has 0 spiro atoms. The van der Waals surface area contributed by atoms with E-state index in [1.165, 1.54) is 44.6 Å². The zero-order chi connectivity index (χ0) is 17.0. The lowest BCUT2D eigenvalue weighted by atomic mass is 10.1. The maximum Gasteiger partial charge on any atom is 0.203 e. The highest BCUT2D eigenvalue weighted by Gasteiger charge is 2.12. The van der Waals surface area contributed by atoms with Crippen LogP contribution in [-0.2, 0) is 0 Å². The quantitative estimate of drug-likeness (QED) is 0.644. The number of methoxy groups -OCH3 is 2. The predicted octanol–water partition coefficient (Wildman–Crippen LogP) is 3.66. The van der Waals surface area contributed by atoms with Crippen molar-refractivity contribution in [1.29, 1.82) is 0 Å². The van der Waals surface area contributed by atoms with Crippen LogP contribution >= 0.6 is 11.6 Å². The predicted molar refractivity (Wildman–Crippen MR) is 87.7 cm³/mol. The number of phenols is 2. The number of carbonyl (C=O) groups is 1. The standard InChI is InChI=1S/C17H15ClO5/c1-22-15-9-10(8-14(20)17(15)23-2)6-7-13(19)11-4-3-5-12(18)16(11)21/h3-9,20-21H,1-2H3/b7-6+. The van der Waals surface area contributed by atoms with E-state index in [4.69, 9.17) is 21.1 Å². The minimum atomic E-state index is -0.417. The summed E-state index contributed by atoms with van der Waals surface area (Å²) in [4.78, 5) is 12.1. The zero-order valence-electron chi connectivity index (χ0n) is 12.5. The van der Waals surface area contributed by atoms with Gasteiger partial charge in [-0.05, 0) is 35.9 Å². The number of ether oxygens (including phenoxy) is 2. The van der Waals surface area contributed by atoms with Gasteiger partial charge < -0.3 is 19.7 Å². The van der Waals surface area contributed by atoms with Crippen molar-refractivity contribution >= 4 is 23.5 Å². The molecule has 0 atom stereocenters. The molecule has 0 aliphatic carbocycles. The fourth-order valence-corrected chi connectivity index (χ4v) is 2.21. The maximum atomic E-state index is 12.1. The second kappa shape index (κ2) is 7.07. The van der Waals surface area contributed by atoms with Crippen molar-refractivity contribution in [2.75, 3.05) is 14.2 Å². The van der Waals surface area contributed by atoms with Crippen LogP contribution in [-0.4, -0.2) is 30.2 Å². The van der Waals surface area contributed by atoms with Crippen LogP contribution in [0.15, 0.2) is 36.4 Å². The van der Waals surface area contributed by atoms with E-state index < -0.39 is 5.78 Å². The average Bonchev–Trinajstić information content (AvgIpc) is 2.54. The number of hydrogen-bond donors (Lipinski definition) is 2. The third-order valence-corrected chi connectivity index (χ3v) is 3.47. The van der Waals surface area contributed by atoms with Crippen LogP contribution in [0, 0.1) is 0 Å². The zero-order valence-corrected chi connectivity index (χ0v) is 13.3. The molecule has 0 amide bonds. The first-order chi connectivity index (χ1) is 11.0. The van der Waals surface area contributed by atoms with Crippen LogP contribution < -0.4 is 9.47 Å². The first kappa shape index (κ1) is 16.7. The summed E-state index contributed by atoms with van der Waals surface area (Å²) >= 11 is 5.78. The van der Waals surface area contributed by atoms with Gasteiger partial charge in [0, 0.05) is 0 Å². The van der Waals surface area contributed by atoms with E-state index in [1.807, 2.05) is 0 Å². The fraction of sp³-hybridized carbons (Fsp3) is 0.118. The lowest BCUT2D eigenvalue weighted by molar-refractivity contribution is 0.104. The molecule has 0 aliphatic rings. The minimum absolute atomic E-state index is 0.0958. The van der Waals surface area contributed by atoms with Crippen LogP contribution in [0.25, 0.3) is 6.08 Å². The molecule has 2 rings (SSSR count). The van der Waals surface area contributed by atoms with E-state index >= 15 is 0 Å². The van der Waals surface area contributed by atoms with Gasteiger partial charge >= 0.3 is 0 Å². The fourth-order valence-electron chi connectivity index (χ4n) is 2.04. The summed E-state index contributed by atoms with van der Waals surface area (Å²) in [5.74, 6) is -0.239. The van der Waals surface area contributed by atoms with E-state index in [2.05, 4.69) is 0 Å². The minimum Gasteiger partial charge on any atom is -0.506 e. The highest BCUT2D eigenvalue weighted by Crippen LogP contribution is 2.37. The molecular formula is C17H15ClO5. The molecule has 0 heterocycles. The molecule has 120 valence electrons. The Labute approximate surface area is 138 Å². The Hall–Kier alpha value is -2.66. The summed E-state index contributed by atoms with van der Waals surface area (Å²) in [7, 11) is 2.86. The molecule has 2 N–H and O–H groups in total. The summed E-state index contributed by atoms with van der Waals surface area (Å²) in [6.45, 7) is 0. The summed E-state index contributed by atoms with van der Waals surface area (Å²) in [5.41, 5.74) is 0.633. The first-order valence-corrected chi connectivity index (χ1v) is 7.00. The van der Waals surface area contributed by atoms with Crippen molar-refractivity contribution in [1.82, 2.24) is 0 Å². The molecule has 0 saturated carbocycles. The molecule has 0 aliphatic heterocycles. The number of rotatable bonds is 5. The lowest BCUT2D eigenvalue weighted by Gasteiger charge is -2.10. The number of carbonyl (C=O) groups excluding carboxylic acids is 1. The average molecular weight is 335 g/mol. The van der Waals surface area contributed by atoms with Crippen molar-refractivity contribution in [2.45, 2.75) is 0 Å². The van der Waals surface area contributed by atoms with Crippen molar-refractivity contribution in [3.63, 3.8) is 0 Å². The van der Waals surface area contributed by atoms with Crippen molar-refractivity contribution < 1.29 is 24.5 Å². The number of allylic oxidation sites excluding steroid dienone is 1. The van der Waals surface area contributed by atoms with Crippen LogP contribution in [0.3, 0.4) is 0 Å². The van der Waals surface area contributed by atoms with Crippen LogP contribution in [0.5, 0.6) is 23.0 Å². The molecule has 2 aromatic carbocycles. The second-order valence-corrected chi connectivity index (χ2v) is 5.02. The Bertz CT molecular complexity index is 768. The highest BCUT2D eigenvalue weighted by molar-refractivity contribution is 6.32. The summed E-state index contributed by atoms with van der Waals surface area (Å²) in [6, 6.07) is 7.58. The van der Waals surface area contributed by atoms with E-state index in [1.54, 1.807) is 12.1 Å². The van der Waals surface area contributed by atoms with Gasteiger partial charge in [-0.25, -0.2) is 0 Å². The SMILES string of the molecule is COc1cc(/C=C/C(=O)c2cccc(Cl)c2O)cc(O)c1OC. The number of phenolic OH excluding ortho intramolecular Hbond substituents is 2. The summed E-state index contributed by atoms with van der Waals surface area (Å²) in [6.07, 6.45) is 2.76. The van der Waals surface area contributed by atoms with Gasteiger partial charge in [0.2, 0.25) is 5.75 Å². The Morgan fingerprint density at radius 1 is 1.17 bits per heavy atom. The van der Waals surface area contributed by atoms with E-state index in [0.717, 1.165) is 0 Å². The van der Waals surface area contributed by atoms with Crippen LogP contribution in [0.1, 0.15) is 15.9 Å². The Kier molecular flexibility index (Phi) is 5.13. The molecule has 0 aromatic heterocycles. The van der Waals surface area contributed by atoms with Crippen LogP contribution in [0.4, 0.5) is 0 Å². The van der Waals surface area contributed by atoms with Crippen molar-refractivity contribution in [3.8, 4) is 23.0 Å². The van der Waals surface area contributed by atoms with Gasteiger partial charge in [-0.2, -0.15) is 0 Å². The molecule has 5 nitrogen and oxygen atoms in total. The molecule has 0 bridgehead atoms. The molecule has 0 unspecified atom stereocenters. The Balaban J connectivity index is 2.31. The summed E-state index contributed by atoms with van der Waals surface area (Å²) < 4.78 is 10.2. The number of aromatic hydroxyl groups is 2. The Morgan fingerprint density at radius 2 is 1.91 bits per heavy atom. The molecule has 2 aromatic rings. The molecular weight excluding hydrogens is 320 g/mol. The molecule has 0 fully saturated rings. The van der Waals surface area contributed by atoms with Gasteiger partial charge in [-0.1, -0.05) is 23.7 Å². The van der Waals surface area contributed by atoms with Gasteiger partial charge in [-0.15, -0.1) is 0 Å². The molecule has 0 saturated heterocycles. The van der Waals surface area contributed by atoms with E-state index in [9.17, 15) is 15.0 Å². The number of para-hydroxylation sites is 1. The smallest absolute Gasteiger partial charge is 0.203 e. The van der Waals surface area contributed by atoms with Crippen LogP contribution in [0.2, 0.25) is 5.02 Å². The monoisotopic (exact) mass is 334 g/mol. The highest BCUT2D eigenvalue weighted by atomic mass is 35.5. The van der Waals surface area contributed by atoms with Gasteiger partial charge in [0.15, 0.2) is 17.3 Å². The largest absolute Gasteiger partial charge is 0.506 e. The normalized spacial score (nSPS) is 10.7. The maximum absolute atomic E-state index is 12.1. The summed E-state index contributed by atoms with van der Waals surface area (Å²) in [5, 5.41) is 19.8. The molecule has 23 heavy (non-hydrogen) atoms. The topological polar surface area (TPSA) is 76.0 Å². The third kappa shape index (κ3) is 3.57. The number of hydrogen-bond acceptors (Lipinski definition) is 5. The first-order valence-electron chi connectivity index (χ1n) is 6.62. The van der Waals surface area contributed by atoms with E-state index in [-0.39, 0.29) is 27.8 Å². The number of halogens is 1. The van der Waals surface area contributed by atoms with Gasteiger partial charge in [0.05, 0.1) is 24.8 Å². The Morgan fingerprint density at radius 3 is 2.57 bits per heavy atom. The van der Waals surface area contributed by atoms with Gasteiger partial charge in [-0.3, -0.25) is 4.79 Å². The molecule has 6 heteroatoms.